The van der Waals surface area contributed by atoms with Crippen molar-refractivity contribution in [2.75, 3.05) is 11.4 Å². The van der Waals surface area contributed by atoms with Crippen LogP contribution in [0.4, 0.5) is 14.5 Å². The van der Waals surface area contributed by atoms with Crippen molar-refractivity contribution >= 4 is 32.5 Å². The van der Waals surface area contributed by atoms with Gasteiger partial charge in [0.1, 0.15) is 29.9 Å². The SMILES string of the molecule is OC(CN(Cc1c[nH]c2cc(Br)ccc12)c1ccccc1)(Cn1cncn1)c1ccc(F)cc1F. The molecule has 2 N–H and O–H groups in total. The van der Waals surface area contributed by atoms with Gasteiger partial charge in [0.05, 0.1) is 13.1 Å². The van der Waals surface area contributed by atoms with Gasteiger partial charge in [0.25, 0.3) is 0 Å². The molecule has 5 aromatic rings. The molecule has 0 aliphatic heterocycles. The summed E-state index contributed by atoms with van der Waals surface area (Å²) in [7, 11) is 0. The Hall–Kier alpha value is -3.56. The quantitative estimate of drug-likeness (QED) is 0.278. The number of H-pyrrole nitrogens is 1. The summed E-state index contributed by atoms with van der Waals surface area (Å²) >= 11 is 3.50. The third-order valence-corrected chi connectivity index (χ3v) is 6.48. The fraction of sp³-hybridized carbons (Fsp3) is 0.154. The summed E-state index contributed by atoms with van der Waals surface area (Å²) < 4.78 is 31.1. The van der Waals surface area contributed by atoms with E-state index in [0.29, 0.717) is 6.54 Å². The maximum atomic E-state index is 15.0. The predicted molar refractivity (Wildman–Crippen MR) is 134 cm³/mol. The highest BCUT2D eigenvalue weighted by Gasteiger charge is 2.36. The summed E-state index contributed by atoms with van der Waals surface area (Å²) in [5.74, 6) is -1.53. The number of para-hydroxylation sites is 1. The van der Waals surface area contributed by atoms with E-state index in [0.717, 1.165) is 38.8 Å². The van der Waals surface area contributed by atoms with Crippen molar-refractivity contribution in [3.05, 3.63) is 113 Å². The van der Waals surface area contributed by atoms with Gasteiger partial charge >= 0.3 is 0 Å². The van der Waals surface area contributed by atoms with Crippen LogP contribution in [0, 0.1) is 11.6 Å². The molecule has 0 radical (unpaired) electrons. The molecule has 178 valence electrons. The molecular formula is C26H22BrF2N5O. The number of nitrogens with one attached hydrogen (secondary N) is 1. The maximum absolute atomic E-state index is 15.0. The largest absolute Gasteiger partial charge is 0.381 e. The molecule has 9 heteroatoms. The van der Waals surface area contributed by atoms with Crippen LogP contribution in [0.2, 0.25) is 0 Å². The zero-order valence-electron chi connectivity index (χ0n) is 18.6. The second-order valence-corrected chi connectivity index (χ2v) is 9.36. The minimum absolute atomic E-state index is 0.0156. The van der Waals surface area contributed by atoms with E-state index < -0.39 is 17.2 Å². The van der Waals surface area contributed by atoms with Gasteiger partial charge in [-0.15, -0.1) is 0 Å². The van der Waals surface area contributed by atoms with E-state index in [-0.39, 0.29) is 18.7 Å². The van der Waals surface area contributed by atoms with Crippen molar-refractivity contribution in [3.8, 4) is 0 Å². The molecule has 0 spiro atoms. The van der Waals surface area contributed by atoms with E-state index in [9.17, 15) is 13.9 Å². The zero-order chi connectivity index (χ0) is 24.4. The molecule has 0 amide bonds. The van der Waals surface area contributed by atoms with Crippen LogP contribution in [-0.2, 0) is 18.7 Å². The molecule has 35 heavy (non-hydrogen) atoms. The topological polar surface area (TPSA) is 70.0 Å². The Labute approximate surface area is 209 Å². The number of anilines is 1. The fourth-order valence-corrected chi connectivity index (χ4v) is 4.72. The first-order valence-electron chi connectivity index (χ1n) is 11.0. The number of benzene rings is 3. The smallest absolute Gasteiger partial charge is 0.137 e. The number of halogens is 3. The van der Waals surface area contributed by atoms with Crippen LogP contribution < -0.4 is 4.90 Å². The Morgan fingerprint density at radius 1 is 1.06 bits per heavy atom. The van der Waals surface area contributed by atoms with E-state index >= 15 is 0 Å². The minimum atomic E-state index is -1.74. The number of aromatic amines is 1. The molecule has 0 saturated carbocycles. The molecule has 0 aliphatic carbocycles. The Bertz CT molecular complexity index is 1440. The Morgan fingerprint density at radius 3 is 2.63 bits per heavy atom. The highest BCUT2D eigenvalue weighted by Crippen LogP contribution is 2.32. The van der Waals surface area contributed by atoms with Gasteiger partial charge in [0.15, 0.2) is 0 Å². The van der Waals surface area contributed by atoms with Gasteiger partial charge in [-0.3, -0.25) is 0 Å². The molecular weight excluding hydrogens is 516 g/mol. The second kappa shape index (κ2) is 9.59. The van der Waals surface area contributed by atoms with E-state index in [1.807, 2.05) is 59.6 Å². The average Bonchev–Trinajstić information content (AvgIpc) is 3.48. The molecule has 1 atom stereocenters. The van der Waals surface area contributed by atoms with Crippen LogP contribution in [0.3, 0.4) is 0 Å². The van der Waals surface area contributed by atoms with Crippen LogP contribution in [-0.4, -0.2) is 31.4 Å². The molecule has 2 aromatic heterocycles. The van der Waals surface area contributed by atoms with Crippen LogP contribution in [0.25, 0.3) is 10.9 Å². The van der Waals surface area contributed by atoms with Crippen molar-refractivity contribution in [1.29, 1.82) is 0 Å². The Kier molecular flexibility index (Phi) is 6.36. The molecule has 0 fully saturated rings. The summed E-state index contributed by atoms with van der Waals surface area (Å²) in [6.07, 6.45) is 4.74. The number of aromatic nitrogens is 4. The minimum Gasteiger partial charge on any atom is -0.381 e. The summed E-state index contributed by atoms with van der Waals surface area (Å²) in [5, 5.41) is 17.1. The van der Waals surface area contributed by atoms with Gasteiger partial charge in [-0.25, -0.2) is 18.4 Å². The van der Waals surface area contributed by atoms with Gasteiger partial charge in [-0.1, -0.05) is 46.3 Å². The number of aliphatic hydroxyl groups is 1. The van der Waals surface area contributed by atoms with E-state index in [4.69, 9.17) is 0 Å². The van der Waals surface area contributed by atoms with Gasteiger partial charge in [-0.05, 0) is 35.9 Å². The van der Waals surface area contributed by atoms with E-state index in [1.165, 1.54) is 23.4 Å². The second-order valence-electron chi connectivity index (χ2n) is 8.44. The first-order chi connectivity index (χ1) is 16.9. The van der Waals surface area contributed by atoms with Gasteiger partial charge in [0.2, 0.25) is 0 Å². The number of nitrogens with zero attached hydrogens (tertiary/aromatic N) is 4. The van der Waals surface area contributed by atoms with Crippen molar-refractivity contribution in [2.24, 2.45) is 0 Å². The molecule has 2 heterocycles. The standard InChI is InChI=1S/C26H22BrF2N5O/c27-19-6-8-22-18(12-31-25(22)10-19)13-33(21-4-2-1-3-5-21)14-26(35,15-34-17-30-16-32-34)23-9-7-20(28)11-24(23)29/h1-12,16-17,31,35H,13-15H2. The molecule has 3 aromatic carbocycles. The number of hydrogen-bond acceptors (Lipinski definition) is 4. The number of fused-ring (bicyclic) bond motifs is 1. The monoisotopic (exact) mass is 537 g/mol. The van der Waals surface area contributed by atoms with Gasteiger partial charge in [-0.2, -0.15) is 5.10 Å². The molecule has 0 aliphatic rings. The van der Waals surface area contributed by atoms with Crippen LogP contribution >= 0.6 is 15.9 Å². The van der Waals surface area contributed by atoms with Crippen molar-refractivity contribution < 1.29 is 13.9 Å². The lowest BCUT2D eigenvalue weighted by Gasteiger charge is -2.36. The van der Waals surface area contributed by atoms with Crippen molar-refractivity contribution in [2.45, 2.75) is 18.7 Å². The third kappa shape index (κ3) is 4.96. The lowest BCUT2D eigenvalue weighted by Crippen LogP contribution is -2.44. The maximum Gasteiger partial charge on any atom is 0.137 e. The zero-order valence-corrected chi connectivity index (χ0v) is 20.2. The van der Waals surface area contributed by atoms with Crippen LogP contribution in [0.5, 0.6) is 0 Å². The molecule has 0 saturated heterocycles. The molecule has 6 nitrogen and oxygen atoms in total. The van der Waals surface area contributed by atoms with Crippen LogP contribution in [0.15, 0.2) is 90.1 Å². The lowest BCUT2D eigenvalue weighted by atomic mass is 9.91. The van der Waals surface area contributed by atoms with Crippen molar-refractivity contribution in [3.63, 3.8) is 0 Å². The third-order valence-electron chi connectivity index (χ3n) is 5.99. The molecule has 0 bridgehead atoms. The first-order valence-corrected chi connectivity index (χ1v) is 11.8. The van der Waals surface area contributed by atoms with Gasteiger partial charge < -0.3 is 15.0 Å². The highest BCUT2D eigenvalue weighted by molar-refractivity contribution is 9.10. The molecule has 5 rings (SSSR count). The summed E-state index contributed by atoms with van der Waals surface area (Å²) in [4.78, 5) is 9.21. The average molecular weight is 538 g/mol. The summed E-state index contributed by atoms with van der Waals surface area (Å²) in [6.45, 7) is 0.385. The first kappa shape index (κ1) is 23.2. The Balaban J connectivity index is 1.57. The van der Waals surface area contributed by atoms with E-state index in [1.54, 1.807) is 0 Å². The predicted octanol–water partition coefficient (Wildman–Crippen LogP) is 5.39. The summed E-state index contributed by atoms with van der Waals surface area (Å²) in [5.41, 5.74) is 1.08. The Morgan fingerprint density at radius 2 is 1.89 bits per heavy atom. The fourth-order valence-electron chi connectivity index (χ4n) is 4.36. The number of rotatable bonds is 8. The lowest BCUT2D eigenvalue weighted by molar-refractivity contribution is 0.0182. The number of hydrogen-bond donors (Lipinski definition) is 2. The van der Waals surface area contributed by atoms with Crippen molar-refractivity contribution in [1.82, 2.24) is 19.7 Å². The highest BCUT2D eigenvalue weighted by atomic mass is 79.9. The van der Waals surface area contributed by atoms with Crippen LogP contribution in [0.1, 0.15) is 11.1 Å². The summed E-state index contributed by atoms with van der Waals surface area (Å²) in [6, 6.07) is 18.8. The normalized spacial score (nSPS) is 13.1. The molecule has 1 unspecified atom stereocenters. The van der Waals surface area contributed by atoms with Gasteiger partial charge in [0, 0.05) is 45.4 Å². The van der Waals surface area contributed by atoms with E-state index in [2.05, 4.69) is 31.0 Å².